The highest BCUT2D eigenvalue weighted by molar-refractivity contribution is 6.32. The molecule has 0 aliphatic heterocycles. The van der Waals surface area contributed by atoms with Gasteiger partial charge in [-0.1, -0.05) is 38.4 Å². The molecule has 0 spiro atoms. The molecule has 0 bridgehead atoms. The lowest BCUT2D eigenvalue weighted by Crippen LogP contribution is -2.27. The third kappa shape index (κ3) is 8.04. The van der Waals surface area contributed by atoms with Gasteiger partial charge in [-0.15, -0.1) is 0 Å². The number of H-pyrrole nitrogens is 1. The van der Waals surface area contributed by atoms with Gasteiger partial charge in [0.15, 0.2) is 5.65 Å². The number of hydrogen-bond donors (Lipinski definition) is 2. The van der Waals surface area contributed by atoms with E-state index < -0.39 is 11.7 Å². The third-order valence-electron chi connectivity index (χ3n) is 4.40. The largest absolute Gasteiger partial charge is 0.492 e. The van der Waals surface area contributed by atoms with Gasteiger partial charge in [0.25, 0.3) is 0 Å². The molecule has 0 saturated heterocycles. The third-order valence-corrected chi connectivity index (χ3v) is 4.70. The van der Waals surface area contributed by atoms with E-state index in [4.69, 9.17) is 22.1 Å². The number of carbonyl (C=O) groups is 1. The molecule has 32 heavy (non-hydrogen) atoms. The van der Waals surface area contributed by atoms with Crippen molar-refractivity contribution in [2.75, 3.05) is 6.61 Å². The number of aromatic nitrogens is 3. The van der Waals surface area contributed by atoms with Gasteiger partial charge in [-0.3, -0.25) is 5.10 Å². The molecule has 3 rings (SSSR count). The van der Waals surface area contributed by atoms with Crippen LogP contribution in [0.25, 0.3) is 22.2 Å². The Morgan fingerprint density at radius 2 is 1.94 bits per heavy atom. The number of rotatable bonds is 6. The predicted molar refractivity (Wildman–Crippen MR) is 129 cm³/mol. The first-order valence-electron chi connectivity index (χ1n) is 10.7. The van der Waals surface area contributed by atoms with Crippen LogP contribution in [0.4, 0.5) is 4.79 Å². The number of fused-ring (bicyclic) bond motifs is 1. The molecule has 3 N–H and O–H groups in total. The lowest BCUT2D eigenvalue weighted by molar-refractivity contribution is 0.0600. The van der Waals surface area contributed by atoms with Gasteiger partial charge in [0.2, 0.25) is 0 Å². The lowest BCUT2D eigenvalue weighted by Gasteiger charge is -2.16. The fourth-order valence-corrected chi connectivity index (χ4v) is 3.53. The fraction of sp³-hybridized carbons (Fsp3) is 0.458. The van der Waals surface area contributed by atoms with Crippen LogP contribution >= 0.6 is 11.6 Å². The number of nitrogens with two attached hydrogens (primary N) is 1. The quantitative estimate of drug-likeness (QED) is 0.454. The Morgan fingerprint density at radius 1 is 1.22 bits per heavy atom. The zero-order chi connectivity index (χ0) is 23.9. The van der Waals surface area contributed by atoms with Crippen LogP contribution in [0.1, 0.15) is 48.0 Å². The number of nitrogens with one attached hydrogen (secondary N) is 1. The topological polar surface area (TPSA) is 103 Å². The van der Waals surface area contributed by atoms with Gasteiger partial charge in [-0.05, 0) is 68.4 Å². The van der Waals surface area contributed by atoms with Crippen molar-refractivity contribution in [1.82, 2.24) is 15.2 Å². The monoisotopic (exact) mass is 460 g/mol. The van der Waals surface area contributed by atoms with Crippen molar-refractivity contribution in [1.29, 1.82) is 0 Å². The molecule has 2 aromatic heterocycles. The van der Waals surface area contributed by atoms with Crippen LogP contribution in [-0.2, 0) is 4.74 Å². The molecule has 1 amide bonds. The van der Waals surface area contributed by atoms with Crippen molar-refractivity contribution in [3.05, 3.63) is 41.7 Å². The van der Waals surface area contributed by atoms with E-state index in [2.05, 4.69) is 40.7 Å². The molecule has 1 atom stereocenters. The van der Waals surface area contributed by atoms with Crippen LogP contribution in [0.5, 0.6) is 5.75 Å². The number of benzene rings is 1. The van der Waals surface area contributed by atoms with E-state index in [9.17, 15) is 4.79 Å². The van der Waals surface area contributed by atoms with E-state index >= 15 is 0 Å². The average molecular weight is 461 g/mol. The van der Waals surface area contributed by atoms with Gasteiger partial charge in [0.05, 0.1) is 17.8 Å². The smallest absolute Gasteiger partial charge is 0.405 e. The second-order valence-corrected chi connectivity index (χ2v) is 9.62. The molecule has 0 radical (unpaired) electrons. The fourth-order valence-electron chi connectivity index (χ4n) is 3.29. The molecule has 3 aromatic rings. The minimum absolute atomic E-state index is 0.453. The highest BCUT2D eigenvalue weighted by Crippen LogP contribution is 2.33. The average Bonchev–Trinajstić information content (AvgIpc) is 3.13. The first kappa shape index (κ1) is 25.5. The van der Waals surface area contributed by atoms with E-state index in [1.54, 1.807) is 33.2 Å². The van der Waals surface area contributed by atoms with Crippen LogP contribution in [0.15, 0.2) is 36.7 Å². The standard InChI is InChI=1S/C19H22ClN3O.C5H11NO2/c1-12(2)8-13(3)11-24-18-5-4-14(9-17(18)20)15-6-7-21-19-16(15)10-22-23-19;1-5(2,3)8-4(6)7/h4-7,9-10,12-13H,8,11H2,1-3H3,(H,21,22,23);1-3H3,(H2,6,7). The maximum absolute atomic E-state index is 10.0. The Kier molecular flexibility index (Phi) is 8.89. The van der Waals surface area contributed by atoms with E-state index in [1.807, 2.05) is 24.3 Å². The summed E-state index contributed by atoms with van der Waals surface area (Å²) in [5.41, 5.74) is 7.11. The Bertz CT molecular complexity index is 1030. The van der Waals surface area contributed by atoms with Crippen molar-refractivity contribution in [3.63, 3.8) is 0 Å². The van der Waals surface area contributed by atoms with E-state index in [0.717, 1.165) is 34.3 Å². The van der Waals surface area contributed by atoms with E-state index in [-0.39, 0.29) is 0 Å². The number of amides is 1. The van der Waals surface area contributed by atoms with E-state index in [1.165, 1.54) is 0 Å². The molecule has 2 heterocycles. The predicted octanol–water partition coefficient (Wildman–Crippen LogP) is 6.22. The second kappa shape index (κ2) is 11.2. The Morgan fingerprint density at radius 3 is 2.50 bits per heavy atom. The summed E-state index contributed by atoms with van der Waals surface area (Å²) in [5.74, 6) is 1.91. The maximum Gasteiger partial charge on any atom is 0.405 e. The van der Waals surface area contributed by atoms with Gasteiger partial charge in [0.1, 0.15) is 11.4 Å². The lowest BCUT2D eigenvalue weighted by atomic mass is 10.00. The zero-order valence-electron chi connectivity index (χ0n) is 19.6. The minimum Gasteiger partial charge on any atom is -0.492 e. The van der Waals surface area contributed by atoms with Crippen LogP contribution in [0.2, 0.25) is 5.02 Å². The van der Waals surface area contributed by atoms with Crippen LogP contribution in [0, 0.1) is 11.8 Å². The van der Waals surface area contributed by atoms with Crippen molar-refractivity contribution in [2.45, 2.75) is 53.6 Å². The van der Waals surface area contributed by atoms with Crippen LogP contribution in [0.3, 0.4) is 0 Å². The number of primary amides is 1. The highest BCUT2D eigenvalue weighted by atomic mass is 35.5. The number of halogens is 1. The molecule has 7 nitrogen and oxygen atoms in total. The number of nitrogens with zero attached hydrogens (tertiary/aromatic N) is 2. The maximum atomic E-state index is 10.0. The van der Waals surface area contributed by atoms with Gasteiger partial charge in [-0.25, -0.2) is 9.78 Å². The van der Waals surface area contributed by atoms with Crippen molar-refractivity contribution in [2.24, 2.45) is 17.6 Å². The summed E-state index contributed by atoms with van der Waals surface area (Å²) >= 11 is 6.43. The van der Waals surface area contributed by atoms with Gasteiger partial charge in [-0.2, -0.15) is 5.10 Å². The minimum atomic E-state index is -0.725. The van der Waals surface area contributed by atoms with Gasteiger partial charge >= 0.3 is 6.09 Å². The Labute approximate surface area is 194 Å². The number of aromatic amines is 1. The molecule has 1 unspecified atom stereocenters. The summed E-state index contributed by atoms with van der Waals surface area (Å²) in [5, 5.41) is 8.54. The summed E-state index contributed by atoms with van der Waals surface area (Å²) in [6.45, 7) is 12.6. The van der Waals surface area contributed by atoms with Crippen LogP contribution < -0.4 is 10.5 Å². The molecule has 8 heteroatoms. The zero-order valence-corrected chi connectivity index (χ0v) is 20.4. The number of hydrogen-bond acceptors (Lipinski definition) is 5. The molecule has 1 aromatic carbocycles. The first-order valence-corrected chi connectivity index (χ1v) is 11.0. The molecule has 0 aliphatic rings. The normalized spacial score (nSPS) is 12.2. The SMILES string of the molecule is CC(C)(C)OC(N)=O.CC(C)CC(C)COc1ccc(-c2ccnc3[nH]ncc23)cc1Cl. The summed E-state index contributed by atoms with van der Waals surface area (Å²) in [7, 11) is 0. The number of ether oxygens (including phenoxy) is 2. The van der Waals surface area contributed by atoms with Gasteiger partial charge in [0, 0.05) is 11.6 Å². The summed E-state index contributed by atoms with van der Waals surface area (Å²) in [6, 6.07) is 7.86. The number of carbonyl (C=O) groups excluding carboxylic acids is 1. The first-order chi connectivity index (χ1) is 15.0. The number of pyridine rings is 1. The molecule has 0 aliphatic carbocycles. The van der Waals surface area contributed by atoms with Crippen molar-refractivity contribution >= 4 is 28.7 Å². The van der Waals surface area contributed by atoms with Crippen molar-refractivity contribution < 1.29 is 14.3 Å². The molecule has 174 valence electrons. The summed E-state index contributed by atoms with van der Waals surface area (Å²) in [6.07, 6.45) is 3.97. The second-order valence-electron chi connectivity index (χ2n) is 9.22. The highest BCUT2D eigenvalue weighted by Gasteiger charge is 2.13. The van der Waals surface area contributed by atoms with E-state index in [0.29, 0.717) is 23.5 Å². The Hall–Kier alpha value is -2.80. The molecule has 0 saturated carbocycles. The summed E-state index contributed by atoms with van der Waals surface area (Å²) < 4.78 is 10.5. The van der Waals surface area contributed by atoms with Crippen LogP contribution in [-0.4, -0.2) is 33.5 Å². The van der Waals surface area contributed by atoms with Crippen molar-refractivity contribution in [3.8, 4) is 16.9 Å². The Balaban J connectivity index is 0.000000390. The molecular formula is C24H33ClN4O3. The summed E-state index contributed by atoms with van der Waals surface area (Å²) in [4.78, 5) is 14.3. The van der Waals surface area contributed by atoms with Gasteiger partial charge < -0.3 is 15.2 Å². The molecule has 0 fully saturated rings. The molecular weight excluding hydrogens is 428 g/mol.